The van der Waals surface area contributed by atoms with Gasteiger partial charge in [0, 0.05) is 43.6 Å². The van der Waals surface area contributed by atoms with E-state index in [-0.39, 0.29) is 10.8 Å². The van der Waals surface area contributed by atoms with Crippen molar-refractivity contribution in [3.63, 3.8) is 0 Å². The lowest BCUT2D eigenvalue weighted by atomic mass is 10.1. The summed E-state index contributed by atoms with van der Waals surface area (Å²) in [5, 5.41) is 0. The second-order valence-electron chi connectivity index (χ2n) is 4.49. The van der Waals surface area contributed by atoms with Crippen molar-refractivity contribution in [2.45, 2.75) is 18.2 Å². The molecule has 0 aromatic heterocycles. The van der Waals surface area contributed by atoms with E-state index in [9.17, 15) is 13.2 Å². The molecule has 0 unspecified atom stereocenters. The van der Waals surface area contributed by atoms with Crippen molar-refractivity contribution in [3.8, 4) is 0 Å². The summed E-state index contributed by atoms with van der Waals surface area (Å²) in [6.45, 7) is 2.84. The van der Waals surface area contributed by atoms with E-state index in [4.69, 9.17) is 15.4 Å². The number of benzene rings is 1. The summed E-state index contributed by atoms with van der Waals surface area (Å²) in [5.41, 5.74) is 1.05. The molecule has 112 valence electrons. The molecular weight excluding hydrogens is 302 g/mol. The molecule has 5 nitrogen and oxygen atoms in total. The van der Waals surface area contributed by atoms with Crippen LogP contribution in [0.4, 0.5) is 0 Å². The summed E-state index contributed by atoms with van der Waals surface area (Å²) < 4.78 is 27.6. The lowest BCUT2D eigenvalue weighted by Crippen LogP contribution is -2.29. The van der Waals surface area contributed by atoms with Gasteiger partial charge in [-0.15, -0.1) is 0 Å². The fourth-order valence-corrected chi connectivity index (χ4v) is 2.51. The number of halogens is 1. The van der Waals surface area contributed by atoms with E-state index in [2.05, 4.69) is 0 Å². The van der Waals surface area contributed by atoms with Gasteiger partial charge in [0.15, 0.2) is 0 Å². The Labute approximate surface area is 123 Å². The molecule has 0 aliphatic carbocycles. The maximum absolute atomic E-state index is 12.3. The van der Waals surface area contributed by atoms with Gasteiger partial charge in [-0.05, 0) is 31.0 Å². The number of carbonyl (C=O) groups excluding carboxylic acids is 1. The zero-order chi connectivity index (χ0) is 15.3. The van der Waals surface area contributed by atoms with Crippen molar-refractivity contribution < 1.29 is 17.9 Å². The van der Waals surface area contributed by atoms with Gasteiger partial charge < -0.3 is 9.64 Å². The molecule has 0 aliphatic rings. The highest BCUT2D eigenvalue weighted by atomic mass is 35.7. The smallest absolute Gasteiger partial charge is 0.261 e. The molecule has 0 N–H and O–H groups in total. The molecule has 1 amide bonds. The highest BCUT2D eigenvalue weighted by Crippen LogP contribution is 2.20. The number of amides is 1. The van der Waals surface area contributed by atoms with Gasteiger partial charge in [-0.3, -0.25) is 4.79 Å². The standard InChI is InChI=1S/C13H18ClNO4S/c1-10-5-6-11(20(14,17)18)9-12(10)13(16)15(2)7-4-8-19-3/h5-6,9H,4,7-8H2,1-3H3. The van der Waals surface area contributed by atoms with E-state index in [1.165, 1.54) is 17.0 Å². The largest absolute Gasteiger partial charge is 0.385 e. The quantitative estimate of drug-likeness (QED) is 0.594. The molecule has 0 fully saturated rings. The fraction of sp³-hybridized carbons (Fsp3) is 0.462. The average Bonchev–Trinajstić information content (AvgIpc) is 2.37. The summed E-state index contributed by atoms with van der Waals surface area (Å²) >= 11 is 0. The van der Waals surface area contributed by atoms with Crippen molar-refractivity contribution in [2.75, 3.05) is 27.3 Å². The van der Waals surface area contributed by atoms with Gasteiger partial charge >= 0.3 is 0 Å². The average molecular weight is 320 g/mol. The predicted octanol–water partition coefficient (Wildman–Crippen LogP) is 2.03. The third-order valence-corrected chi connectivity index (χ3v) is 4.26. The Hall–Kier alpha value is -1.11. The van der Waals surface area contributed by atoms with Crippen molar-refractivity contribution in [3.05, 3.63) is 29.3 Å². The fourth-order valence-electron chi connectivity index (χ4n) is 1.74. The van der Waals surface area contributed by atoms with E-state index >= 15 is 0 Å². The van der Waals surface area contributed by atoms with Gasteiger partial charge in [0.1, 0.15) is 0 Å². The van der Waals surface area contributed by atoms with Gasteiger partial charge in [0.2, 0.25) is 0 Å². The van der Waals surface area contributed by atoms with Crippen LogP contribution in [0.15, 0.2) is 23.1 Å². The molecule has 1 rings (SSSR count). The van der Waals surface area contributed by atoms with Gasteiger partial charge in [0.05, 0.1) is 4.90 Å². The Balaban J connectivity index is 2.97. The minimum atomic E-state index is -3.84. The van der Waals surface area contributed by atoms with Crippen LogP contribution in [0, 0.1) is 6.92 Å². The summed E-state index contributed by atoms with van der Waals surface area (Å²) in [7, 11) is 4.72. The first kappa shape index (κ1) is 16.9. The molecule has 0 saturated heterocycles. The molecule has 1 aromatic carbocycles. The van der Waals surface area contributed by atoms with Crippen molar-refractivity contribution in [2.24, 2.45) is 0 Å². The first-order valence-electron chi connectivity index (χ1n) is 6.07. The monoisotopic (exact) mass is 319 g/mol. The second kappa shape index (κ2) is 7.06. The molecule has 20 heavy (non-hydrogen) atoms. The lowest BCUT2D eigenvalue weighted by molar-refractivity contribution is 0.0778. The van der Waals surface area contributed by atoms with Crippen LogP contribution in [-0.2, 0) is 13.8 Å². The topological polar surface area (TPSA) is 63.7 Å². The number of nitrogens with zero attached hydrogens (tertiary/aromatic N) is 1. The van der Waals surface area contributed by atoms with E-state index < -0.39 is 9.05 Å². The van der Waals surface area contributed by atoms with Crippen LogP contribution >= 0.6 is 10.7 Å². The molecule has 7 heteroatoms. The normalized spacial score (nSPS) is 11.4. The number of hydrogen-bond acceptors (Lipinski definition) is 4. The molecule has 0 radical (unpaired) electrons. The molecule has 0 saturated carbocycles. The molecule has 0 bridgehead atoms. The molecular formula is C13H18ClNO4S. The van der Waals surface area contributed by atoms with Crippen LogP contribution in [-0.4, -0.2) is 46.5 Å². The van der Waals surface area contributed by atoms with Crippen LogP contribution in [0.1, 0.15) is 22.3 Å². The maximum atomic E-state index is 12.3. The van der Waals surface area contributed by atoms with E-state index in [1.54, 1.807) is 27.1 Å². The third kappa shape index (κ3) is 4.47. The van der Waals surface area contributed by atoms with Crippen LogP contribution in [0.3, 0.4) is 0 Å². The van der Waals surface area contributed by atoms with Crippen LogP contribution < -0.4 is 0 Å². The van der Waals surface area contributed by atoms with Gasteiger partial charge in [-0.1, -0.05) is 6.07 Å². The van der Waals surface area contributed by atoms with Crippen molar-refractivity contribution in [1.82, 2.24) is 4.90 Å². The number of aryl methyl sites for hydroxylation is 1. The van der Waals surface area contributed by atoms with Crippen LogP contribution in [0.2, 0.25) is 0 Å². The van der Waals surface area contributed by atoms with Crippen LogP contribution in [0.5, 0.6) is 0 Å². The Morgan fingerprint density at radius 3 is 2.60 bits per heavy atom. The van der Waals surface area contributed by atoms with E-state index in [0.717, 1.165) is 0 Å². The lowest BCUT2D eigenvalue weighted by Gasteiger charge is -2.18. The summed E-state index contributed by atoms with van der Waals surface area (Å²) in [5.74, 6) is -0.235. The Morgan fingerprint density at radius 1 is 1.40 bits per heavy atom. The summed E-state index contributed by atoms with van der Waals surface area (Å²) in [6.07, 6.45) is 0.714. The minimum Gasteiger partial charge on any atom is -0.385 e. The summed E-state index contributed by atoms with van der Waals surface area (Å²) in [6, 6.07) is 4.28. The minimum absolute atomic E-state index is 0.0709. The van der Waals surface area contributed by atoms with Crippen molar-refractivity contribution >= 4 is 25.6 Å². The Morgan fingerprint density at radius 2 is 2.05 bits per heavy atom. The SMILES string of the molecule is COCCCN(C)C(=O)c1cc(S(=O)(=O)Cl)ccc1C. The zero-order valence-electron chi connectivity index (χ0n) is 11.7. The zero-order valence-corrected chi connectivity index (χ0v) is 13.3. The van der Waals surface area contributed by atoms with Gasteiger partial charge in [-0.2, -0.15) is 0 Å². The highest BCUT2D eigenvalue weighted by Gasteiger charge is 2.18. The number of ether oxygens (including phenoxy) is 1. The predicted molar refractivity (Wildman–Crippen MR) is 77.7 cm³/mol. The molecule has 0 atom stereocenters. The second-order valence-corrected chi connectivity index (χ2v) is 7.05. The maximum Gasteiger partial charge on any atom is 0.261 e. The Kier molecular flexibility index (Phi) is 5.98. The number of carbonyl (C=O) groups is 1. The first-order chi connectivity index (χ1) is 9.27. The number of hydrogen-bond donors (Lipinski definition) is 0. The molecule has 0 heterocycles. The van der Waals surface area contributed by atoms with Gasteiger partial charge in [0.25, 0.3) is 15.0 Å². The number of methoxy groups -OCH3 is 1. The van der Waals surface area contributed by atoms with Crippen molar-refractivity contribution in [1.29, 1.82) is 0 Å². The molecule has 1 aromatic rings. The van der Waals surface area contributed by atoms with E-state index in [1.807, 2.05) is 0 Å². The highest BCUT2D eigenvalue weighted by molar-refractivity contribution is 8.13. The molecule has 0 aliphatic heterocycles. The first-order valence-corrected chi connectivity index (χ1v) is 8.38. The van der Waals surface area contributed by atoms with Gasteiger partial charge in [-0.25, -0.2) is 8.42 Å². The number of rotatable bonds is 6. The van der Waals surface area contributed by atoms with E-state index in [0.29, 0.717) is 30.7 Å². The summed E-state index contributed by atoms with van der Waals surface area (Å²) in [4.78, 5) is 13.7. The Bertz CT molecular complexity index is 586. The third-order valence-electron chi connectivity index (χ3n) is 2.91. The molecule has 0 spiro atoms. The van der Waals surface area contributed by atoms with Crippen LogP contribution in [0.25, 0.3) is 0 Å².